The average molecular weight is 166 g/mol. The fraction of sp³-hybridized carbons (Fsp3) is 0.833. The van der Waals surface area contributed by atoms with Crippen molar-refractivity contribution in [3.8, 4) is 0 Å². The van der Waals surface area contributed by atoms with Crippen LogP contribution < -0.4 is 0 Å². The SMILES string of the molecule is CC/C=C(/C)CC1CCCCC1. The standard InChI is InChI=1S/C12H22/c1-3-7-11(2)10-12-8-5-4-6-9-12/h7,12H,3-6,8-10H2,1-2H3/b11-7-. The summed E-state index contributed by atoms with van der Waals surface area (Å²) < 4.78 is 0. The second-order valence-electron chi connectivity index (χ2n) is 4.17. The van der Waals surface area contributed by atoms with Crippen LogP contribution in [0.15, 0.2) is 11.6 Å². The number of hydrogen-bond donors (Lipinski definition) is 0. The number of hydrogen-bond acceptors (Lipinski definition) is 0. The van der Waals surface area contributed by atoms with Crippen molar-refractivity contribution in [3.05, 3.63) is 11.6 Å². The molecule has 0 bridgehead atoms. The van der Waals surface area contributed by atoms with Gasteiger partial charge in [-0.3, -0.25) is 0 Å². The minimum atomic E-state index is 1.02. The highest BCUT2D eigenvalue weighted by atomic mass is 14.2. The molecule has 0 saturated heterocycles. The predicted molar refractivity (Wildman–Crippen MR) is 55.2 cm³/mol. The van der Waals surface area contributed by atoms with Crippen LogP contribution >= 0.6 is 0 Å². The maximum Gasteiger partial charge on any atom is -0.0295 e. The van der Waals surface area contributed by atoms with E-state index in [1.54, 1.807) is 5.57 Å². The molecule has 0 unspecified atom stereocenters. The molecule has 0 amide bonds. The molecule has 0 nitrogen and oxygen atoms in total. The van der Waals surface area contributed by atoms with Gasteiger partial charge in [0.1, 0.15) is 0 Å². The molecule has 70 valence electrons. The number of allylic oxidation sites excluding steroid dienone is 2. The molecule has 0 radical (unpaired) electrons. The van der Waals surface area contributed by atoms with Crippen LogP contribution in [-0.4, -0.2) is 0 Å². The van der Waals surface area contributed by atoms with Gasteiger partial charge in [-0.05, 0) is 25.7 Å². The maximum absolute atomic E-state index is 2.38. The minimum absolute atomic E-state index is 1.02. The summed E-state index contributed by atoms with van der Waals surface area (Å²) >= 11 is 0. The normalized spacial score (nSPS) is 21.3. The van der Waals surface area contributed by atoms with Crippen LogP contribution in [0.4, 0.5) is 0 Å². The Balaban J connectivity index is 2.24. The van der Waals surface area contributed by atoms with Gasteiger partial charge in [0.15, 0.2) is 0 Å². The Labute approximate surface area is 77.1 Å². The van der Waals surface area contributed by atoms with Gasteiger partial charge in [0.05, 0.1) is 0 Å². The first kappa shape index (κ1) is 9.83. The van der Waals surface area contributed by atoms with Crippen molar-refractivity contribution in [1.82, 2.24) is 0 Å². The maximum atomic E-state index is 2.38. The quantitative estimate of drug-likeness (QED) is 0.548. The first-order valence-corrected chi connectivity index (χ1v) is 5.48. The summed E-state index contributed by atoms with van der Waals surface area (Å²) in [6.45, 7) is 4.52. The summed E-state index contributed by atoms with van der Waals surface area (Å²) in [7, 11) is 0. The Hall–Kier alpha value is -0.260. The molecule has 12 heavy (non-hydrogen) atoms. The lowest BCUT2D eigenvalue weighted by Crippen LogP contribution is -2.06. The van der Waals surface area contributed by atoms with Gasteiger partial charge in [-0.25, -0.2) is 0 Å². The molecule has 1 fully saturated rings. The summed E-state index contributed by atoms with van der Waals surface area (Å²) in [5.41, 5.74) is 1.62. The molecule has 0 aliphatic heterocycles. The fourth-order valence-electron chi connectivity index (χ4n) is 2.28. The summed E-state index contributed by atoms with van der Waals surface area (Å²) in [5, 5.41) is 0. The third kappa shape index (κ3) is 3.42. The van der Waals surface area contributed by atoms with E-state index >= 15 is 0 Å². The first-order chi connectivity index (χ1) is 5.83. The second kappa shape index (κ2) is 5.40. The molecular weight excluding hydrogens is 144 g/mol. The Kier molecular flexibility index (Phi) is 4.42. The zero-order valence-electron chi connectivity index (χ0n) is 8.60. The van der Waals surface area contributed by atoms with Crippen LogP contribution in [0, 0.1) is 5.92 Å². The lowest BCUT2D eigenvalue weighted by molar-refractivity contribution is 0.356. The van der Waals surface area contributed by atoms with Gasteiger partial charge in [-0.2, -0.15) is 0 Å². The van der Waals surface area contributed by atoms with Crippen molar-refractivity contribution in [1.29, 1.82) is 0 Å². The van der Waals surface area contributed by atoms with Crippen molar-refractivity contribution in [2.24, 2.45) is 5.92 Å². The molecule has 1 saturated carbocycles. The smallest absolute Gasteiger partial charge is 0.0295 e. The molecule has 0 spiro atoms. The molecule has 0 N–H and O–H groups in total. The average Bonchev–Trinajstić information content (AvgIpc) is 2.06. The van der Waals surface area contributed by atoms with Gasteiger partial charge < -0.3 is 0 Å². The second-order valence-corrected chi connectivity index (χ2v) is 4.17. The molecule has 0 aromatic carbocycles. The van der Waals surface area contributed by atoms with Crippen molar-refractivity contribution in [2.45, 2.75) is 58.8 Å². The van der Waals surface area contributed by atoms with E-state index in [-0.39, 0.29) is 0 Å². The van der Waals surface area contributed by atoms with E-state index in [9.17, 15) is 0 Å². The third-order valence-corrected chi connectivity index (χ3v) is 2.89. The predicted octanol–water partition coefficient (Wildman–Crippen LogP) is 4.31. The molecule has 0 heterocycles. The topological polar surface area (TPSA) is 0 Å². The van der Waals surface area contributed by atoms with Crippen LogP contribution in [0.5, 0.6) is 0 Å². The van der Waals surface area contributed by atoms with Gasteiger partial charge in [0.2, 0.25) is 0 Å². The molecule has 0 aromatic rings. The summed E-state index contributed by atoms with van der Waals surface area (Å²) in [4.78, 5) is 0. The molecule has 1 rings (SSSR count). The van der Waals surface area contributed by atoms with Crippen LogP contribution in [0.25, 0.3) is 0 Å². The van der Waals surface area contributed by atoms with E-state index in [4.69, 9.17) is 0 Å². The van der Waals surface area contributed by atoms with E-state index in [0.717, 1.165) is 5.92 Å². The lowest BCUT2D eigenvalue weighted by Gasteiger charge is -2.21. The van der Waals surface area contributed by atoms with Crippen LogP contribution in [0.3, 0.4) is 0 Å². The van der Waals surface area contributed by atoms with E-state index in [2.05, 4.69) is 19.9 Å². The lowest BCUT2D eigenvalue weighted by atomic mass is 9.85. The van der Waals surface area contributed by atoms with Crippen LogP contribution in [0.1, 0.15) is 58.8 Å². The molecule has 0 aromatic heterocycles. The van der Waals surface area contributed by atoms with E-state index in [1.807, 2.05) is 0 Å². The van der Waals surface area contributed by atoms with Crippen molar-refractivity contribution in [3.63, 3.8) is 0 Å². The van der Waals surface area contributed by atoms with Crippen LogP contribution in [-0.2, 0) is 0 Å². The van der Waals surface area contributed by atoms with Crippen LogP contribution in [0.2, 0.25) is 0 Å². The van der Waals surface area contributed by atoms with Gasteiger partial charge in [0, 0.05) is 0 Å². The van der Waals surface area contributed by atoms with E-state index in [1.165, 1.54) is 44.9 Å². The van der Waals surface area contributed by atoms with Gasteiger partial charge in [-0.1, -0.05) is 50.7 Å². The Bertz CT molecular complexity index is 138. The highest BCUT2D eigenvalue weighted by molar-refractivity contribution is 4.98. The largest absolute Gasteiger partial charge is 0.0859 e. The summed E-state index contributed by atoms with van der Waals surface area (Å²) in [5.74, 6) is 1.02. The highest BCUT2D eigenvalue weighted by Crippen LogP contribution is 2.28. The third-order valence-electron chi connectivity index (χ3n) is 2.89. The Morgan fingerprint density at radius 2 is 1.92 bits per heavy atom. The van der Waals surface area contributed by atoms with Gasteiger partial charge >= 0.3 is 0 Å². The fourth-order valence-corrected chi connectivity index (χ4v) is 2.28. The molecule has 1 aliphatic rings. The summed E-state index contributed by atoms with van der Waals surface area (Å²) in [6, 6.07) is 0. The Morgan fingerprint density at radius 1 is 1.25 bits per heavy atom. The molecule has 0 atom stereocenters. The minimum Gasteiger partial charge on any atom is -0.0859 e. The molecular formula is C12H22. The monoisotopic (exact) mass is 166 g/mol. The van der Waals surface area contributed by atoms with Gasteiger partial charge in [-0.15, -0.1) is 0 Å². The van der Waals surface area contributed by atoms with E-state index in [0.29, 0.717) is 0 Å². The van der Waals surface area contributed by atoms with E-state index < -0.39 is 0 Å². The van der Waals surface area contributed by atoms with Crippen molar-refractivity contribution in [2.75, 3.05) is 0 Å². The highest BCUT2D eigenvalue weighted by Gasteiger charge is 2.12. The zero-order valence-corrected chi connectivity index (χ0v) is 8.60. The molecule has 1 aliphatic carbocycles. The number of rotatable bonds is 3. The Morgan fingerprint density at radius 3 is 2.50 bits per heavy atom. The first-order valence-electron chi connectivity index (χ1n) is 5.48. The zero-order chi connectivity index (χ0) is 8.81. The molecule has 0 heteroatoms. The van der Waals surface area contributed by atoms with Crippen molar-refractivity contribution >= 4 is 0 Å². The summed E-state index contributed by atoms with van der Waals surface area (Å²) in [6.07, 6.45) is 12.4. The van der Waals surface area contributed by atoms with Gasteiger partial charge in [0.25, 0.3) is 0 Å². The van der Waals surface area contributed by atoms with Crippen molar-refractivity contribution < 1.29 is 0 Å².